The molecule has 0 atom stereocenters. The number of aromatic nitrogens is 2. The van der Waals surface area contributed by atoms with E-state index in [0.717, 1.165) is 11.8 Å². The fourth-order valence-electron chi connectivity index (χ4n) is 3.05. The highest BCUT2D eigenvalue weighted by atomic mass is 35.5. The van der Waals surface area contributed by atoms with Gasteiger partial charge in [0.15, 0.2) is 5.16 Å². The Balaban J connectivity index is 1.65. The van der Waals surface area contributed by atoms with E-state index >= 15 is 0 Å². The Bertz CT molecular complexity index is 1340. The van der Waals surface area contributed by atoms with E-state index in [1.54, 1.807) is 73.8 Å². The van der Waals surface area contributed by atoms with Crippen LogP contribution < -0.4 is 15.6 Å². The van der Waals surface area contributed by atoms with Gasteiger partial charge in [0.1, 0.15) is 5.75 Å². The zero-order valence-corrected chi connectivity index (χ0v) is 19.2. The monoisotopic (exact) mass is 485 g/mol. The summed E-state index contributed by atoms with van der Waals surface area (Å²) in [5, 5.41) is 4.65. The van der Waals surface area contributed by atoms with Crippen LogP contribution in [0.25, 0.3) is 16.6 Å². The van der Waals surface area contributed by atoms with Gasteiger partial charge in [0.05, 0.1) is 29.5 Å². The largest absolute Gasteiger partial charge is 0.497 e. The Morgan fingerprint density at radius 1 is 1.03 bits per heavy atom. The number of methoxy groups -OCH3 is 1. The summed E-state index contributed by atoms with van der Waals surface area (Å²) in [7, 11) is 1.58. The van der Waals surface area contributed by atoms with Crippen molar-refractivity contribution in [3.63, 3.8) is 0 Å². The van der Waals surface area contributed by atoms with Crippen molar-refractivity contribution >= 4 is 57.5 Å². The van der Waals surface area contributed by atoms with Crippen LogP contribution in [0.2, 0.25) is 10.0 Å². The Morgan fingerprint density at radius 3 is 2.41 bits per heavy atom. The molecule has 4 rings (SSSR count). The fraction of sp³-hybridized carbons (Fsp3) is 0.0870. The van der Waals surface area contributed by atoms with E-state index in [1.165, 1.54) is 4.57 Å². The van der Waals surface area contributed by atoms with Crippen LogP contribution in [0.3, 0.4) is 0 Å². The number of anilines is 1. The predicted octanol–water partition coefficient (Wildman–Crippen LogP) is 5.43. The topological polar surface area (TPSA) is 73.2 Å². The van der Waals surface area contributed by atoms with Gasteiger partial charge in [-0.25, -0.2) is 4.98 Å². The zero-order chi connectivity index (χ0) is 22.7. The minimum Gasteiger partial charge on any atom is -0.497 e. The van der Waals surface area contributed by atoms with Crippen molar-refractivity contribution in [2.75, 3.05) is 18.2 Å². The van der Waals surface area contributed by atoms with Gasteiger partial charge in [-0.2, -0.15) is 0 Å². The number of thioether (sulfide) groups is 1. The fourth-order valence-corrected chi connectivity index (χ4v) is 4.16. The number of carbonyl (C=O) groups is 1. The number of nitrogens with one attached hydrogen (secondary N) is 1. The van der Waals surface area contributed by atoms with E-state index in [4.69, 9.17) is 27.9 Å². The average molecular weight is 486 g/mol. The molecule has 0 fully saturated rings. The molecule has 0 unspecified atom stereocenters. The molecule has 0 aliphatic heterocycles. The lowest BCUT2D eigenvalue weighted by Gasteiger charge is -2.13. The van der Waals surface area contributed by atoms with Crippen LogP contribution in [0.1, 0.15) is 0 Å². The molecule has 0 aliphatic rings. The highest BCUT2D eigenvalue weighted by molar-refractivity contribution is 7.99. The molecule has 1 aromatic heterocycles. The molecular weight excluding hydrogens is 469 g/mol. The lowest BCUT2D eigenvalue weighted by atomic mass is 10.2. The number of halogens is 2. The molecule has 0 aliphatic carbocycles. The minimum atomic E-state index is -0.257. The van der Waals surface area contributed by atoms with E-state index in [1.807, 2.05) is 0 Å². The first-order valence-electron chi connectivity index (χ1n) is 9.49. The smallest absolute Gasteiger partial charge is 0.266 e. The average Bonchev–Trinajstić information content (AvgIpc) is 2.79. The van der Waals surface area contributed by atoms with Gasteiger partial charge in [0.2, 0.25) is 5.91 Å². The summed E-state index contributed by atoms with van der Waals surface area (Å²) < 4.78 is 6.59. The summed E-state index contributed by atoms with van der Waals surface area (Å²) in [4.78, 5) is 30.4. The molecule has 1 amide bonds. The Kier molecular flexibility index (Phi) is 6.69. The van der Waals surface area contributed by atoms with Gasteiger partial charge >= 0.3 is 0 Å². The molecule has 1 N–H and O–H groups in total. The third-order valence-corrected chi connectivity index (χ3v) is 6.02. The third kappa shape index (κ3) is 4.91. The predicted molar refractivity (Wildman–Crippen MR) is 130 cm³/mol. The molecule has 0 radical (unpaired) electrons. The van der Waals surface area contributed by atoms with Crippen LogP contribution in [0.5, 0.6) is 5.75 Å². The summed E-state index contributed by atoms with van der Waals surface area (Å²) in [5.74, 6) is 0.518. The Hall–Kier alpha value is -3.00. The van der Waals surface area contributed by atoms with Crippen LogP contribution in [-0.4, -0.2) is 28.3 Å². The molecule has 3 aromatic carbocycles. The van der Waals surface area contributed by atoms with Gasteiger partial charge in [0.25, 0.3) is 5.56 Å². The Labute approximate surface area is 198 Å². The van der Waals surface area contributed by atoms with E-state index < -0.39 is 0 Å². The number of ether oxygens (including phenoxy) is 1. The standard InChI is InChI=1S/C23H17Cl2N3O3S/c1-31-18-9-5-16(6-10-18)26-21(29)13-32-23-27-20-12-15(25)4-11-19(20)22(30)28(23)17-7-2-14(24)3-8-17/h2-12H,13H2,1H3,(H,26,29). The van der Waals surface area contributed by atoms with Crippen LogP contribution >= 0.6 is 35.0 Å². The number of hydrogen-bond donors (Lipinski definition) is 1. The summed E-state index contributed by atoms with van der Waals surface area (Å²) >= 11 is 13.3. The first-order chi connectivity index (χ1) is 15.4. The zero-order valence-electron chi connectivity index (χ0n) is 16.8. The molecule has 9 heteroatoms. The summed E-state index contributed by atoms with van der Waals surface area (Å²) in [5.41, 5.74) is 1.45. The number of rotatable bonds is 6. The molecule has 0 bridgehead atoms. The third-order valence-electron chi connectivity index (χ3n) is 4.59. The second-order valence-corrected chi connectivity index (χ2v) is 8.55. The minimum absolute atomic E-state index is 0.0537. The Morgan fingerprint density at radius 2 is 1.72 bits per heavy atom. The summed E-state index contributed by atoms with van der Waals surface area (Å²) in [6, 6.07) is 18.8. The van der Waals surface area contributed by atoms with E-state index in [9.17, 15) is 9.59 Å². The second kappa shape index (κ2) is 9.65. The van der Waals surface area contributed by atoms with Crippen molar-refractivity contribution in [3.8, 4) is 11.4 Å². The lowest BCUT2D eigenvalue weighted by molar-refractivity contribution is -0.113. The molecule has 0 spiro atoms. The van der Waals surface area contributed by atoms with Crippen LogP contribution in [-0.2, 0) is 4.79 Å². The number of hydrogen-bond acceptors (Lipinski definition) is 5. The van der Waals surface area contributed by atoms with Gasteiger partial charge in [-0.3, -0.25) is 14.2 Å². The van der Waals surface area contributed by atoms with Gasteiger partial charge < -0.3 is 10.1 Å². The SMILES string of the molecule is COc1ccc(NC(=O)CSc2nc3cc(Cl)ccc3c(=O)n2-c2ccc(Cl)cc2)cc1. The molecule has 1 heterocycles. The van der Waals surface area contributed by atoms with E-state index in [2.05, 4.69) is 10.3 Å². The molecular formula is C23H17Cl2N3O3S. The second-order valence-electron chi connectivity index (χ2n) is 6.74. The van der Waals surface area contributed by atoms with Crippen molar-refractivity contribution in [2.45, 2.75) is 5.16 Å². The van der Waals surface area contributed by atoms with Gasteiger partial charge in [0, 0.05) is 15.7 Å². The molecule has 0 saturated heterocycles. The molecule has 0 saturated carbocycles. The van der Waals surface area contributed by atoms with E-state index in [-0.39, 0.29) is 17.2 Å². The quantitative estimate of drug-likeness (QED) is 0.291. The molecule has 4 aromatic rings. The summed E-state index contributed by atoms with van der Waals surface area (Å²) in [6.07, 6.45) is 0. The number of carbonyl (C=O) groups excluding carboxylic acids is 1. The van der Waals surface area contributed by atoms with Gasteiger partial charge in [-0.15, -0.1) is 0 Å². The molecule has 6 nitrogen and oxygen atoms in total. The maximum absolute atomic E-state index is 13.3. The van der Waals surface area contributed by atoms with Crippen molar-refractivity contribution in [1.82, 2.24) is 9.55 Å². The normalized spacial score (nSPS) is 10.8. The number of amides is 1. The van der Waals surface area contributed by atoms with Crippen molar-refractivity contribution in [1.29, 1.82) is 0 Å². The van der Waals surface area contributed by atoms with Gasteiger partial charge in [-0.1, -0.05) is 35.0 Å². The maximum Gasteiger partial charge on any atom is 0.266 e. The highest BCUT2D eigenvalue weighted by Crippen LogP contribution is 2.24. The van der Waals surface area contributed by atoms with Crippen LogP contribution in [0.15, 0.2) is 76.7 Å². The van der Waals surface area contributed by atoms with Crippen LogP contribution in [0, 0.1) is 0 Å². The first kappa shape index (κ1) is 22.2. The molecule has 32 heavy (non-hydrogen) atoms. The number of benzene rings is 3. The van der Waals surface area contributed by atoms with Crippen molar-refractivity contribution < 1.29 is 9.53 Å². The maximum atomic E-state index is 13.3. The van der Waals surface area contributed by atoms with Crippen molar-refractivity contribution in [2.24, 2.45) is 0 Å². The first-order valence-corrected chi connectivity index (χ1v) is 11.2. The molecule has 162 valence electrons. The van der Waals surface area contributed by atoms with Crippen molar-refractivity contribution in [3.05, 3.63) is 87.1 Å². The van der Waals surface area contributed by atoms with E-state index in [0.29, 0.717) is 43.2 Å². The van der Waals surface area contributed by atoms with Gasteiger partial charge in [-0.05, 0) is 66.7 Å². The lowest BCUT2D eigenvalue weighted by Crippen LogP contribution is -2.23. The number of nitrogens with zero attached hydrogens (tertiary/aromatic N) is 2. The number of fused-ring (bicyclic) bond motifs is 1. The van der Waals surface area contributed by atoms with Crippen LogP contribution in [0.4, 0.5) is 5.69 Å². The summed E-state index contributed by atoms with van der Waals surface area (Å²) in [6.45, 7) is 0. The highest BCUT2D eigenvalue weighted by Gasteiger charge is 2.15.